The summed E-state index contributed by atoms with van der Waals surface area (Å²) in [6.07, 6.45) is 1.11. The quantitative estimate of drug-likeness (QED) is 0.717. The topological polar surface area (TPSA) is 17.1 Å². The molecule has 0 saturated carbocycles. The molecule has 2 heteroatoms. The Morgan fingerprint density at radius 3 is 2.22 bits per heavy atom. The zero-order chi connectivity index (χ0) is 13.8. The first-order valence-electron chi connectivity index (χ1n) is 6.60. The number of ketones is 1. The number of carbonyl (C=O) groups excluding carboxylic acids is 1. The summed E-state index contributed by atoms with van der Waals surface area (Å²) in [5.41, 5.74) is 2.25. The van der Waals surface area contributed by atoms with E-state index >= 15 is 0 Å². The van der Waals surface area contributed by atoms with E-state index in [1.807, 2.05) is 12.1 Å². The van der Waals surface area contributed by atoms with Gasteiger partial charge in [-0.1, -0.05) is 58.9 Å². The molecule has 1 aromatic carbocycles. The number of thioether (sulfide) groups is 1. The Hall–Kier alpha value is -0.760. The van der Waals surface area contributed by atoms with Gasteiger partial charge < -0.3 is 0 Å². The molecule has 1 atom stereocenters. The van der Waals surface area contributed by atoms with Crippen molar-refractivity contribution < 1.29 is 4.79 Å². The van der Waals surface area contributed by atoms with Crippen molar-refractivity contribution in [3.63, 3.8) is 0 Å². The van der Waals surface area contributed by atoms with Crippen LogP contribution in [0.3, 0.4) is 0 Å². The molecule has 1 nitrogen and oxygen atoms in total. The number of Topliss-reactive ketones (excluding diaryl/α,β-unsaturated/α-hetero) is 1. The lowest BCUT2D eigenvalue weighted by molar-refractivity contribution is 0.102. The maximum Gasteiger partial charge on any atom is 0.172 e. The first-order chi connectivity index (χ1) is 8.34. The molecule has 18 heavy (non-hydrogen) atoms. The first-order valence-corrected chi connectivity index (χ1v) is 7.64. The molecule has 100 valence electrons. The number of hydrogen-bond acceptors (Lipinski definition) is 2. The number of carbonyl (C=O) groups is 1. The second kappa shape index (κ2) is 6.42. The van der Waals surface area contributed by atoms with Crippen LogP contribution < -0.4 is 0 Å². The summed E-state index contributed by atoms with van der Waals surface area (Å²) in [5, 5.41) is 0.558. The fourth-order valence-corrected chi connectivity index (χ4v) is 2.41. The van der Waals surface area contributed by atoms with Gasteiger partial charge in [-0.05, 0) is 17.4 Å². The predicted octanol–water partition coefficient (Wildman–Crippen LogP) is 4.70. The van der Waals surface area contributed by atoms with E-state index in [9.17, 15) is 4.79 Å². The van der Waals surface area contributed by atoms with Crippen molar-refractivity contribution in [2.24, 2.45) is 0 Å². The Labute approximate surface area is 115 Å². The van der Waals surface area contributed by atoms with Crippen LogP contribution >= 0.6 is 11.8 Å². The van der Waals surface area contributed by atoms with Crippen molar-refractivity contribution in [2.45, 2.75) is 51.7 Å². The van der Waals surface area contributed by atoms with Crippen LogP contribution in [-0.4, -0.2) is 16.8 Å². The molecular weight excluding hydrogens is 240 g/mol. The molecule has 0 heterocycles. The minimum Gasteiger partial charge on any atom is -0.293 e. The molecule has 1 rings (SSSR count). The van der Waals surface area contributed by atoms with Crippen LogP contribution in [0.2, 0.25) is 0 Å². The molecule has 0 aliphatic carbocycles. The summed E-state index contributed by atoms with van der Waals surface area (Å²) in [4.78, 5) is 12.0. The highest BCUT2D eigenvalue weighted by atomic mass is 32.2. The minimum absolute atomic E-state index is 0.146. The summed E-state index contributed by atoms with van der Waals surface area (Å²) in [5.74, 6) is 0.824. The van der Waals surface area contributed by atoms with E-state index in [0.29, 0.717) is 11.0 Å². The number of rotatable bonds is 5. The molecule has 0 saturated heterocycles. The maximum absolute atomic E-state index is 12.0. The normalized spacial score (nSPS) is 13.4. The van der Waals surface area contributed by atoms with Crippen LogP contribution in [-0.2, 0) is 5.41 Å². The van der Waals surface area contributed by atoms with Crippen LogP contribution in [0, 0.1) is 0 Å². The van der Waals surface area contributed by atoms with Gasteiger partial charge in [0.2, 0.25) is 0 Å². The van der Waals surface area contributed by atoms with E-state index in [4.69, 9.17) is 0 Å². The molecule has 0 bridgehead atoms. The third-order valence-corrected chi connectivity index (χ3v) is 4.48. The first kappa shape index (κ1) is 15.3. The van der Waals surface area contributed by atoms with E-state index in [2.05, 4.69) is 46.8 Å². The highest BCUT2D eigenvalue weighted by molar-refractivity contribution is 8.00. The summed E-state index contributed by atoms with van der Waals surface area (Å²) in [6, 6.07) is 8.06. The molecule has 0 aliphatic heterocycles. The SMILES string of the molecule is CC[C@@H](C)SCC(=O)c1ccc(C(C)(C)C)cc1. The van der Waals surface area contributed by atoms with Crippen molar-refractivity contribution >= 4 is 17.5 Å². The van der Waals surface area contributed by atoms with Crippen LogP contribution in [0.4, 0.5) is 0 Å². The third kappa shape index (κ3) is 4.49. The van der Waals surface area contributed by atoms with Crippen molar-refractivity contribution in [2.75, 3.05) is 5.75 Å². The fourth-order valence-electron chi connectivity index (χ4n) is 1.58. The second-order valence-corrected chi connectivity index (χ2v) is 7.21. The maximum atomic E-state index is 12.0. The standard InChI is InChI=1S/C16H24OS/c1-6-12(2)18-11-15(17)13-7-9-14(10-8-13)16(3,4)5/h7-10,12H,6,11H2,1-5H3/t12-/m1/s1. The highest BCUT2D eigenvalue weighted by Gasteiger charge is 2.14. The Morgan fingerprint density at radius 1 is 1.22 bits per heavy atom. The van der Waals surface area contributed by atoms with Gasteiger partial charge in [0.25, 0.3) is 0 Å². The summed E-state index contributed by atoms with van der Waals surface area (Å²) in [7, 11) is 0. The highest BCUT2D eigenvalue weighted by Crippen LogP contribution is 2.23. The van der Waals surface area contributed by atoms with E-state index in [1.165, 1.54) is 5.56 Å². The lowest BCUT2D eigenvalue weighted by atomic mass is 9.86. The van der Waals surface area contributed by atoms with E-state index in [1.54, 1.807) is 11.8 Å². The molecule has 0 spiro atoms. The zero-order valence-electron chi connectivity index (χ0n) is 12.1. The lowest BCUT2D eigenvalue weighted by Crippen LogP contribution is -2.12. The largest absolute Gasteiger partial charge is 0.293 e. The van der Waals surface area contributed by atoms with Crippen LogP contribution in [0.25, 0.3) is 0 Å². The van der Waals surface area contributed by atoms with Crippen molar-refractivity contribution in [3.8, 4) is 0 Å². The predicted molar refractivity (Wildman–Crippen MR) is 81.7 cm³/mol. The van der Waals surface area contributed by atoms with Crippen LogP contribution in [0.15, 0.2) is 24.3 Å². The van der Waals surface area contributed by atoms with Gasteiger partial charge >= 0.3 is 0 Å². The van der Waals surface area contributed by atoms with Gasteiger partial charge in [-0.25, -0.2) is 0 Å². The minimum atomic E-state index is 0.146. The fraction of sp³-hybridized carbons (Fsp3) is 0.562. The molecule has 0 fully saturated rings. The van der Waals surface area contributed by atoms with Gasteiger partial charge in [0, 0.05) is 10.8 Å². The summed E-state index contributed by atoms with van der Waals surface area (Å²) >= 11 is 1.74. The van der Waals surface area contributed by atoms with E-state index in [0.717, 1.165) is 12.0 Å². The smallest absolute Gasteiger partial charge is 0.172 e. The zero-order valence-corrected chi connectivity index (χ0v) is 12.9. The molecule has 0 unspecified atom stereocenters. The van der Waals surface area contributed by atoms with Gasteiger partial charge in [0.05, 0.1) is 5.75 Å². The van der Waals surface area contributed by atoms with Gasteiger partial charge in [0.15, 0.2) is 5.78 Å². The van der Waals surface area contributed by atoms with Gasteiger partial charge in [0.1, 0.15) is 0 Å². The van der Waals surface area contributed by atoms with Gasteiger partial charge in [-0.3, -0.25) is 4.79 Å². The summed E-state index contributed by atoms with van der Waals surface area (Å²) < 4.78 is 0. The molecule has 0 radical (unpaired) electrons. The Bertz CT molecular complexity index is 387. The summed E-state index contributed by atoms with van der Waals surface area (Å²) in [6.45, 7) is 10.9. The van der Waals surface area contributed by atoms with Crippen molar-refractivity contribution in [1.29, 1.82) is 0 Å². The van der Waals surface area contributed by atoms with Crippen LogP contribution in [0.1, 0.15) is 57.0 Å². The molecule has 0 aliphatic rings. The van der Waals surface area contributed by atoms with Gasteiger partial charge in [-0.15, -0.1) is 0 Å². The molecule has 0 amide bonds. The average Bonchev–Trinajstić information content (AvgIpc) is 2.34. The van der Waals surface area contributed by atoms with E-state index in [-0.39, 0.29) is 11.2 Å². The third-order valence-electron chi connectivity index (χ3n) is 3.15. The Kier molecular flexibility index (Phi) is 5.46. The van der Waals surface area contributed by atoms with Crippen molar-refractivity contribution in [3.05, 3.63) is 35.4 Å². The Morgan fingerprint density at radius 2 is 1.78 bits per heavy atom. The van der Waals surface area contributed by atoms with E-state index < -0.39 is 0 Å². The second-order valence-electron chi connectivity index (χ2n) is 5.78. The molecule has 1 aromatic rings. The molecule has 0 N–H and O–H groups in total. The average molecular weight is 264 g/mol. The molecular formula is C16H24OS. The van der Waals surface area contributed by atoms with Crippen molar-refractivity contribution in [1.82, 2.24) is 0 Å². The monoisotopic (exact) mass is 264 g/mol. The van der Waals surface area contributed by atoms with Gasteiger partial charge in [-0.2, -0.15) is 11.8 Å². The number of benzene rings is 1. The Balaban J connectivity index is 2.65. The lowest BCUT2D eigenvalue weighted by Gasteiger charge is -2.19. The number of hydrogen-bond donors (Lipinski definition) is 0. The molecule has 0 aromatic heterocycles. The van der Waals surface area contributed by atoms with Crippen LogP contribution in [0.5, 0.6) is 0 Å².